The summed E-state index contributed by atoms with van der Waals surface area (Å²) in [6, 6.07) is 19.8. The Hall–Kier alpha value is -3.91. The molecule has 35 heavy (non-hydrogen) atoms. The van der Waals surface area contributed by atoms with Gasteiger partial charge in [0, 0.05) is 11.3 Å². The molecule has 1 atom stereocenters. The van der Waals surface area contributed by atoms with Crippen LogP contribution in [0.1, 0.15) is 36.9 Å². The largest absolute Gasteiger partial charge is 0.351 e. The minimum atomic E-state index is -0.469. The average molecular weight is 489 g/mol. The van der Waals surface area contributed by atoms with Gasteiger partial charge >= 0.3 is 0 Å². The topological polar surface area (TPSA) is 54.2 Å². The second kappa shape index (κ2) is 9.38. The van der Waals surface area contributed by atoms with Crippen LogP contribution in [-0.4, -0.2) is 15.3 Å². The Bertz CT molecular complexity index is 1410. The Labute approximate surface area is 207 Å². The molecular formula is C27H22F2N4OS. The molecule has 0 bridgehead atoms. The number of nitrogens with one attached hydrogen (secondary N) is 1. The molecule has 1 unspecified atom stereocenters. The van der Waals surface area contributed by atoms with E-state index in [-0.39, 0.29) is 11.6 Å². The van der Waals surface area contributed by atoms with E-state index in [0.29, 0.717) is 33.8 Å². The molecule has 0 saturated carbocycles. The van der Waals surface area contributed by atoms with Crippen molar-refractivity contribution in [1.29, 1.82) is 0 Å². The van der Waals surface area contributed by atoms with Crippen molar-refractivity contribution < 1.29 is 13.3 Å². The standard InChI is InChI=1S/C27H22F2N4OS/c1-3-17-7-9-19(10-8-17)25-31-26(34-32-25)23-16(2)33(22-6-4-5-21(29)15-22)27(35)30-24(23)18-11-13-20(28)14-12-18/h4-15,24H,3H2,1-2H3,(H,30,35). The van der Waals surface area contributed by atoms with Crippen molar-refractivity contribution in [2.24, 2.45) is 0 Å². The lowest BCUT2D eigenvalue weighted by atomic mass is 9.94. The van der Waals surface area contributed by atoms with Crippen molar-refractivity contribution in [2.75, 3.05) is 4.90 Å². The molecule has 0 saturated heterocycles. The second-order valence-electron chi connectivity index (χ2n) is 8.22. The highest BCUT2D eigenvalue weighted by atomic mass is 32.1. The third kappa shape index (κ3) is 4.44. The van der Waals surface area contributed by atoms with E-state index in [1.807, 2.05) is 31.2 Å². The van der Waals surface area contributed by atoms with Crippen LogP contribution in [0.15, 0.2) is 83.0 Å². The Morgan fingerprint density at radius 1 is 1.00 bits per heavy atom. The molecular weight excluding hydrogens is 466 g/mol. The van der Waals surface area contributed by atoms with Gasteiger partial charge in [0.15, 0.2) is 5.11 Å². The predicted molar refractivity (Wildman–Crippen MR) is 135 cm³/mol. The van der Waals surface area contributed by atoms with E-state index in [4.69, 9.17) is 16.7 Å². The molecule has 0 spiro atoms. The van der Waals surface area contributed by atoms with E-state index < -0.39 is 6.04 Å². The van der Waals surface area contributed by atoms with E-state index in [9.17, 15) is 8.78 Å². The minimum absolute atomic E-state index is 0.294. The van der Waals surface area contributed by atoms with Crippen LogP contribution >= 0.6 is 12.2 Å². The summed E-state index contributed by atoms with van der Waals surface area (Å²) in [6.45, 7) is 3.96. The molecule has 5 rings (SSSR count). The first-order valence-corrected chi connectivity index (χ1v) is 11.6. The van der Waals surface area contributed by atoms with Crippen molar-refractivity contribution >= 4 is 28.6 Å². The number of benzene rings is 3. The number of allylic oxidation sites excluding steroid dienone is 1. The SMILES string of the molecule is CCc1ccc(-c2noc(C3=C(C)N(c4cccc(F)c4)C(=S)NC3c3ccc(F)cc3)n2)cc1. The predicted octanol–water partition coefficient (Wildman–Crippen LogP) is 6.44. The Kier molecular flexibility index (Phi) is 6.13. The number of hydrogen-bond acceptors (Lipinski definition) is 4. The summed E-state index contributed by atoms with van der Waals surface area (Å²) in [5.41, 5.74) is 4.74. The zero-order chi connectivity index (χ0) is 24.5. The number of anilines is 1. The summed E-state index contributed by atoms with van der Waals surface area (Å²) in [5, 5.41) is 7.87. The quantitative estimate of drug-likeness (QED) is 0.326. The van der Waals surface area contributed by atoms with E-state index >= 15 is 0 Å². The molecule has 0 amide bonds. The van der Waals surface area contributed by atoms with Gasteiger partial charge in [-0.3, -0.25) is 4.90 Å². The zero-order valence-corrected chi connectivity index (χ0v) is 19.9. The van der Waals surface area contributed by atoms with Gasteiger partial charge in [-0.2, -0.15) is 4.98 Å². The maximum atomic E-state index is 14.0. The molecule has 4 aromatic rings. The van der Waals surface area contributed by atoms with Crippen molar-refractivity contribution in [3.63, 3.8) is 0 Å². The van der Waals surface area contributed by atoms with Crippen LogP contribution in [-0.2, 0) is 6.42 Å². The summed E-state index contributed by atoms with van der Waals surface area (Å²) in [4.78, 5) is 6.41. The summed E-state index contributed by atoms with van der Waals surface area (Å²) in [7, 11) is 0. The molecule has 1 aliphatic rings. The van der Waals surface area contributed by atoms with Gasteiger partial charge in [0.05, 0.1) is 17.3 Å². The van der Waals surface area contributed by atoms with Crippen molar-refractivity contribution in [3.8, 4) is 11.4 Å². The molecule has 3 aromatic carbocycles. The number of thiocarbonyl (C=S) groups is 1. The van der Waals surface area contributed by atoms with E-state index in [1.165, 1.54) is 29.8 Å². The first kappa shape index (κ1) is 22.9. The fourth-order valence-corrected chi connectivity index (χ4v) is 4.55. The normalized spacial score (nSPS) is 15.9. The lowest BCUT2D eigenvalue weighted by molar-refractivity contribution is 0.404. The van der Waals surface area contributed by atoms with Gasteiger partial charge in [0.2, 0.25) is 5.82 Å². The van der Waals surface area contributed by atoms with Crippen LogP contribution in [0.25, 0.3) is 17.0 Å². The van der Waals surface area contributed by atoms with E-state index in [2.05, 4.69) is 22.4 Å². The Morgan fingerprint density at radius 2 is 1.74 bits per heavy atom. The monoisotopic (exact) mass is 488 g/mol. The van der Waals surface area contributed by atoms with Gasteiger partial charge < -0.3 is 9.84 Å². The number of nitrogens with zero attached hydrogens (tertiary/aromatic N) is 3. The number of rotatable bonds is 5. The number of hydrogen-bond donors (Lipinski definition) is 1. The highest BCUT2D eigenvalue weighted by Crippen LogP contribution is 2.39. The summed E-state index contributed by atoms with van der Waals surface area (Å²) in [5.74, 6) is 0.0244. The molecule has 2 heterocycles. The van der Waals surface area contributed by atoms with Crippen molar-refractivity contribution in [3.05, 3.63) is 107 Å². The fraction of sp³-hybridized carbons (Fsp3) is 0.148. The van der Waals surface area contributed by atoms with E-state index in [0.717, 1.165) is 17.5 Å². The highest BCUT2D eigenvalue weighted by molar-refractivity contribution is 7.80. The first-order valence-electron chi connectivity index (χ1n) is 11.2. The summed E-state index contributed by atoms with van der Waals surface area (Å²) >= 11 is 5.66. The Balaban J connectivity index is 1.63. The van der Waals surface area contributed by atoms with Gasteiger partial charge in [0.25, 0.3) is 5.89 Å². The number of halogens is 2. The van der Waals surface area contributed by atoms with Gasteiger partial charge in [-0.25, -0.2) is 8.78 Å². The molecule has 5 nitrogen and oxygen atoms in total. The zero-order valence-electron chi connectivity index (χ0n) is 19.1. The highest BCUT2D eigenvalue weighted by Gasteiger charge is 2.35. The fourth-order valence-electron chi connectivity index (χ4n) is 4.19. The third-order valence-corrected chi connectivity index (χ3v) is 6.33. The first-order chi connectivity index (χ1) is 16.9. The minimum Gasteiger partial charge on any atom is -0.351 e. The third-order valence-electron chi connectivity index (χ3n) is 6.03. The molecule has 1 N–H and O–H groups in total. The summed E-state index contributed by atoms with van der Waals surface area (Å²) in [6.07, 6.45) is 0.935. The second-order valence-corrected chi connectivity index (χ2v) is 8.61. The Morgan fingerprint density at radius 3 is 2.43 bits per heavy atom. The van der Waals surface area contributed by atoms with Gasteiger partial charge in [0.1, 0.15) is 11.6 Å². The molecule has 0 fully saturated rings. The number of aromatic nitrogens is 2. The maximum absolute atomic E-state index is 14.0. The summed E-state index contributed by atoms with van der Waals surface area (Å²) < 4.78 is 33.4. The molecule has 176 valence electrons. The van der Waals surface area contributed by atoms with Crippen LogP contribution < -0.4 is 10.2 Å². The molecule has 1 aromatic heterocycles. The van der Waals surface area contributed by atoms with Crippen LogP contribution in [0.4, 0.5) is 14.5 Å². The molecule has 0 radical (unpaired) electrons. The lowest BCUT2D eigenvalue weighted by Gasteiger charge is -2.37. The van der Waals surface area contributed by atoms with Gasteiger partial charge in [-0.15, -0.1) is 0 Å². The maximum Gasteiger partial charge on any atom is 0.258 e. The smallest absolute Gasteiger partial charge is 0.258 e. The molecule has 1 aliphatic heterocycles. The van der Waals surface area contributed by atoms with Crippen LogP contribution in [0.5, 0.6) is 0 Å². The number of aryl methyl sites for hydroxylation is 1. The van der Waals surface area contributed by atoms with Gasteiger partial charge in [-0.05, 0) is 67.0 Å². The molecule has 8 heteroatoms. The average Bonchev–Trinajstić information content (AvgIpc) is 3.34. The van der Waals surface area contributed by atoms with Crippen molar-refractivity contribution in [1.82, 2.24) is 15.5 Å². The van der Waals surface area contributed by atoms with Crippen molar-refractivity contribution in [2.45, 2.75) is 26.3 Å². The van der Waals surface area contributed by atoms with Gasteiger partial charge in [-0.1, -0.05) is 54.5 Å². The van der Waals surface area contributed by atoms with E-state index in [1.54, 1.807) is 29.2 Å². The molecule has 0 aliphatic carbocycles. The van der Waals surface area contributed by atoms with Crippen LogP contribution in [0.2, 0.25) is 0 Å². The lowest BCUT2D eigenvalue weighted by Crippen LogP contribution is -2.46. The van der Waals surface area contributed by atoms with Crippen LogP contribution in [0.3, 0.4) is 0 Å². The van der Waals surface area contributed by atoms with Crippen LogP contribution in [0, 0.1) is 11.6 Å².